The summed E-state index contributed by atoms with van der Waals surface area (Å²) in [6.45, 7) is 0. The molecule has 0 saturated heterocycles. The monoisotopic (exact) mass is 319 g/mol. The molecule has 0 aliphatic heterocycles. The molecule has 0 fully saturated rings. The number of anilines is 1. The number of hydrogen-bond acceptors (Lipinski definition) is 5. The highest BCUT2D eigenvalue weighted by atomic mass is 32.3. The summed E-state index contributed by atoms with van der Waals surface area (Å²) in [5.74, 6) is 0.0704. The average molecular weight is 319 g/mol. The van der Waals surface area contributed by atoms with Crippen LogP contribution < -0.4 is 4.72 Å². The van der Waals surface area contributed by atoms with Crippen LogP contribution in [0.15, 0.2) is 46.3 Å². The lowest BCUT2D eigenvalue weighted by molar-refractivity contribution is 0.552. The molecule has 1 aromatic carbocycles. The Hall–Kier alpha value is -1.94. The lowest BCUT2D eigenvalue weighted by Crippen LogP contribution is -2.14. The highest BCUT2D eigenvalue weighted by Crippen LogP contribution is 2.19. The van der Waals surface area contributed by atoms with Crippen LogP contribution in [0.25, 0.3) is 0 Å². The second-order valence-corrected chi connectivity index (χ2v) is 6.92. The summed E-state index contributed by atoms with van der Waals surface area (Å²) in [4.78, 5) is -1.09. The van der Waals surface area contributed by atoms with Crippen LogP contribution in [0.2, 0.25) is 0 Å². The van der Waals surface area contributed by atoms with Gasteiger partial charge < -0.3 is 0 Å². The molecule has 1 N–H and O–H groups in total. The molecule has 2 aromatic rings. The fourth-order valence-corrected chi connectivity index (χ4v) is 3.08. The smallest absolute Gasteiger partial charge is 0.274 e. The Morgan fingerprint density at radius 2 is 1.80 bits per heavy atom. The zero-order valence-corrected chi connectivity index (χ0v) is 11.8. The number of sulfonamides is 1. The molecule has 108 valence electrons. The van der Waals surface area contributed by atoms with Crippen LogP contribution in [0.1, 0.15) is 0 Å². The van der Waals surface area contributed by atoms with Crippen LogP contribution >= 0.6 is 0 Å². The number of aromatic nitrogens is 2. The van der Waals surface area contributed by atoms with Gasteiger partial charge in [-0.2, -0.15) is 13.5 Å². The number of aryl methyl sites for hydroxylation is 1. The van der Waals surface area contributed by atoms with Gasteiger partial charge >= 0.3 is 10.2 Å². The van der Waals surface area contributed by atoms with Crippen LogP contribution in [0.5, 0.6) is 0 Å². The van der Waals surface area contributed by atoms with E-state index < -0.39 is 25.1 Å². The van der Waals surface area contributed by atoms with E-state index in [-0.39, 0.29) is 10.7 Å². The maximum Gasteiger partial charge on any atom is 0.332 e. The Labute approximate surface area is 115 Å². The van der Waals surface area contributed by atoms with Gasteiger partial charge in [0.1, 0.15) is 0 Å². The van der Waals surface area contributed by atoms with Crippen molar-refractivity contribution in [3.8, 4) is 0 Å². The summed E-state index contributed by atoms with van der Waals surface area (Å²) in [6.07, 6.45) is 1.53. The van der Waals surface area contributed by atoms with Crippen molar-refractivity contribution in [2.45, 2.75) is 9.79 Å². The molecule has 1 aromatic heterocycles. The van der Waals surface area contributed by atoms with Crippen LogP contribution in [0.3, 0.4) is 0 Å². The normalized spacial score (nSPS) is 12.3. The molecule has 1 heterocycles. The van der Waals surface area contributed by atoms with E-state index in [1.165, 1.54) is 16.9 Å². The summed E-state index contributed by atoms with van der Waals surface area (Å²) < 4.78 is 62.0. The second kappa shape index (κ2) is 4.87. The number of nitrogens with zero attached hydrogens (tertiary/aromatic N) is 2. The third kappa shape index (κ3) is 3.14. The van der Waals surface area contributed by atoms with E-state index in [0.717, 1.165) is 24.3 Å². The molecule has 0 unspecified atom stereocenters. The molecule has 0 saturated carbocycles. The van der Waals surface area contributed by atoms with E-state index in [1.54, 1.807) is 7.05 Å². The van der Waals surface area contributed by atoms with Gasteiger partial charge in [0, 0.05) is 19.3 Å². The zero-order valence-electron chi connectivity index (χ0n) is 10.2. The Balaban J connectivity index is 2.40. The third-order valence-corrected chi connectivity index (χ3v) is 4.52. The summed E-state index contributed by atoms with van der Waals surface area (Å²) in [5, 5.41) is 3.83. The maximum atomic E-state index is 12.9. The van der Waals surface area contributed by atoms with Gasteiger partial charge in [-0.1, -0.05) is 6.07 Å². The topological polar surface area (TPSA) is 98.1 Å². The van der Waals surface area contributed by atoms with Crippen molar-refractivity contribution in [3.05, 3.63) is 36.5 Å². The quantitative estimate of drug-likeness (QED) is 0.844. The van der Waals surface area contributed by atoms with Gasteiger partial charge in [-0.25, -0.2) is 8.42 Å². The molecule has 20 heavy (non-hydrogen) atoms. The van der Waals surface area contributed by atoms with Gasteiger partial charge in [0.05, 0.1) is 9.79 Å². The predicted octanol–water partition coefficient (Wildman–Crippen LogP) is 0.879. The maximum absolute atomic E-state index is 12.9. The minimum Gasteiger partial charge on any atom is -0.274 e. The minimum absolute atomic E-state index is 0.0704. The van der Waals surface area contributed by atoms with E-state index in [4.69, 9.17) is 0 Å². The molecule has 0 spiro atoms. The molecule has 0 bridgehead atoms. The van der Waals surface area contributed by atoms with Crippen molar-refractivity contribution in [1.82, 2.24) is 9.78 Å². The van der Waals surface area contributed by atoms with Crippen LogP contribution in [-0.2, 0) is 27.3 Å². The Bertz CT molecular complexity index is 843. The summed E-state index contributed by atoms with van der Waals surface area (Å²) in [6, 6.07) is 5.42. The van der Waals surface area contributed by atoms with Gasteiger partial charge in [0.25, 0.3) is 10.0 Å². The average Bonchev–Trinajstić information content (AvgIpc) is 2.73. The first-order chi connectivity index (χ1) is 9.18. The first-order valence-corrected chi connectivity index (χ1v) is 8.12. The largest absolute Gasteiger partial charge is 0.332 e. The minimum atomic E-state index is -4.97. The molecule has 0 atom stereocenters. The number of hydrogen-bond donors (Lipinski definition) is 1. The van der Waals surface area contributed by atoms with Crippen molar-refractivity contribution in [2.75, 3.05) is 4.72 Å². The highest BCUT2D eigenvalue weighted by molar-refractivity contribution is 7.92. The molecule has 2 rings (SSSR count). The molecule has 7 nitrogen and oxygen atoms in total. The van der Waals surface area contributed by atoms with Crippen LogP contribution in [-0.4, -0.2) is 26.6 Å². The molecule has 0 aliphatic rings. The zero-order chi connectivity index (χ0) is 15.0. The Kier molecular flexibility index (Phi) is 3.52. The molecule has 0 aliphatic carbocycles. The molecular formula is C10H10FN3O4S2. The second-order valence-electron chi connectivity index (χ2n) is 3.89. The SMILES string of the molecule is Cn1ccc(NS(=O)(=O)c2cccc(S(=O)(=O)F)c2)n1. The van der Waals surface area contributed by atoms with Gasteiger partial charge in [0.15, 0.2) is 5.82 Å². The molecule has 10 heteroatoms. The Morgan fingerprint density at radius 1 is 1.15 bits per heavy atom. The predicted molar refractivity (Wildman–Crippen MR) is 68.8 cm³/mol. The summed E-state index contributed by atoms with van der Waals surface area (Å²) in [5.41, 5.74) is 0. The summed E-state index contributed by atoms with van der Waals surface area (Å²) in [7, 11) is -7.40. The lowest BCUT2D eigenvalue weighted by Gasteiger charge is -2.06. The standard InChI is InChI=1S/C10H10FN3O4S2/c1-14-6-5-10(12-14)13-20(17,18)9-4-2-3-8(7-9)19(11,15)16/h2-7H,1H3,(H,12,13). The fraction of sp³-hybridized carbons (Fsp3) is 0.100. The van der Waals surface area contributed by atoms with E-state index in [2.05, 4.69) is 9.82 Å². The van der Waals surface area contributed by atoms with Crippen molar-refractivity contribution in [2.24, 2.45) is 7.05 Å². The summed E-state index contributed by atoms with van der Waals surface area (Å²) >= 11 is 0. The van der Waals surface area contributed by atoms with Gasteiger partial charge in [-0.3, -0.25) is 9.40 Å². The van der Waals surface area contributed by atoms with Gasteiger partial charge in [0.2, 0.25) is 0 Å². The fourth-order valence-electron chi connectivity index (χ4n) is 1.46. The first kappa shape index (κ1) is 14.5. The van der Waals surface area contributed by atoms with E-state index >= 15 is 0 Å². The first-order valence-electron chi connectivity index (χ1n) is 5.26. The molecular weight excluding hydrogens is 309 g/mol. The van der Waals surface area contributed by atoms with Crippen molar-refractivity contribution >= 4 is 26.1 Å². The lowest BCUT2D eigenvalue weighted by atomic mass is 10.4. The van der Waals surface area contributed by atoms with E-state index in [0.29, 0.717) is 0 Å². The van der Waals surface area contributed by atoms with E-state index in [1.807, 2.05) is 0 Å². The third-order valence-electron chi connectivity index (χ3n) is 2.35. The molecule has 0 radical (unpaired) electrons. The van der Waals surface area contributed by atoms with Crippen LogP contribution in [0, 0.1) is 0 Å². The van der Waals surface area contributed by atoms with Crippen molar-refractivity contribution in [1.29, 1.82) is 0 Å². The number of benzene rings is 1. The highest BCUT2D eigenvalue weighted by Gasteiger charge is 2.19. The number of nitrogens with one attached hydrogen (secondary N) is 1. The number of halogens is 1. The van der Waals surface area contributed by atoms with Crippen molar-refractivity contribution in [3.63, 3.8) is 0 Å². The van der Waals surface area contributed by atoms with Gasteiger partial charge in [-0.05, 0) is 18.2 Å². The van der Waals surface area contributed by atoms with E-state index in [9.17, 15) is 20.7 Å². The number of rotatable bonds is 4. The van der Waals surface area contributed by atoms with Crippen molar-refractivity contribution < 1.29 is 20.7 Å². The van der Waals surface area contributed by atoms with Crippen LogP contribution in [0.4, 0.5) is 9.70 Å². The Morgan fingerprint density at radius 3 is 2.35 bits per heavy atom. The molecule has 0 amide bonds. The van der Waals surface area contributed by atoms with Gasteiger partial charge in [-0.15, -0.1) is 3.89 Å².